The molecule has 1 saturated heterocycles. The van der Waals surface area contributed by atoms with E-state index in [-0.39, 0.29) is 12.3 Å². The standard InChI is InChI=1S/C23H25N3O3S2/c27-22(15-20-17-30-23(25-20)19-7-3-1-4-8-19)24-16-18-9-11-21(12-10-18)31(28,29)26-13-5-2-6-14-26/h1,3-4,7-12,17H,2,5-6,13-16H2,(H,24,27). The molecule has 0 unspecified atom stereocenters. The van der Waals surface area contributed by atoms with Gasteiger partial charge < -0.3 is 5.32 Å². The third-order valence-corrected chi connectivity index (χ3v) is 8.13. The Hall–Kier alpha value is -2.55. The first-order valence-electron chi connectivity index (χ1n) is 10.4. The van der Waals surface area contributed by atoms with E-state index in [9.17, 15) is 13.2 Å². The molecule has 3 aromatic rings. The van der Waals surface area contributed by atoms with E-state index in [2.05, 4.69) is 10.3 Å². The largest absolute Gasteiger partial charge is 0.352 e. The summed E-state index contributed by atoms with van der Waals surface area (Å²) in [7, 11) is -3.43. The first-order chi connectivity index (χ1) is 15.0. The summed E-state index contributed by atoms with van der Waals surface area (Å²) >= 11 is 1.52. The lowest BCUT2D eigenvalue weighted by molar-refractivity contribution is -0.120. The van der Waals surface area contributed by atoms with Gasteiger partial charge >= 0.3 is 0 Å². The molecule has 2 aromatic carbocycles. The SMILES string of the molecule is O=C(Cc1csc(-c2ccccc2)n1)NCc1ccc(S(=O)(=O)N2CCCCC2)cc1. The topological polar surface area (TPSA) is 79.4 Å². The number of benzene rings is 2. The number of nitrogens with one attached hydrogen (secondary N) is 1. The molecule has 8 heteroatoms. The highest BCUT2D eigenvalue weighted by Gasteiger charge is 2.25. The monoisotopic (exact) mass is 455 g/mol. The summed E-state index contributed by atoms with van der Waals surface area (Å²) < 4.78 is 27.0. The van der Waals surface area contributed by atoms with Crippen LogP contribution < -0.4 is 5.32 Å². The molecule has 0 aliphatic carbocycles. The third-order valence-electron chi connectivity index (χ3n) is 5.28. The van der Waals surface area contributed by atoms with Gasteiger partial charge in [0.25, 0.3) is 0 Å². The first kappa shape index (κ1) is 21.7. The van der Waals surface area contributed by atoms with E-state index < -0.39 is 10.0 Å². The zero-order valence-electron chi connectivity index (χ0n) is 17.2. The summed E-state index contributed by atoms with van der Waals surface area (Å²) in [5.74, 6) is -0.116. The van der Waals surface area contributed by atoms with Gasteiger partial charge in [-0.05, 0) is 30.5 Å². The van der Waals surface area contributed by atoms with Gasteiger partial charge in [-0.2, -0.15) is 4.31 Å². The van der Waals surface area contributed by atoms with Gasteiger partial charge in [-0.25, -0.2) is 13.4 Å². The minimum Gasteiger partial charge on any atom is -0.352 e. The fourth-order valence-electron chi connectivity index (χ4n) is 3.56. The highest BCUT2D eigenvalue weighted by molar-refractivity contribution is 7.89. The number of hydrogen-bond acceptors (Lipinski definition) is 5. The lowest BCUT2D eigenvalue weighted by Crippen LogP contribution is -2.35. The second kappa shape index (κ2) is 9.72. The van der Waals surface area contributed by atoms with Crippen molar-refractivity contribution < 1.29 is 13.2 Å². The van der Waals surface area contributed by atoms with Crippen LogP contribution in [0.4, 0.5) is 0 Å². The summed E-state index contributed by atoms with van der Waals surface area (Å²) in [5, 5.41) is 5.69. The summed E-state index contributed by atoms with van der Waals surface area (Å²) in [6, 6.07) is 16.6. The molecule has 1 aromatic heterocycles. The molecule has 1 aliphatic heterocycles. The summed E-state index contributed by atoms with van der Waals surface area (Å²) in [6.45, 7) is 1.52. The smallest absolute Gasteiger partial charge is 0.243 e. The Morgan fingerprint density at radius 2 is 1.71 bits per heavy atom. The van der Waals surface area contributed by atoms with Crippen molar-refractivity contribution in [3.63, 3.8) is 0 Å². The number of rotatable bonds is 7. The fraction of sp³-hybridized carbons (Fsp3) is 0.304. The van der Waals surface area contributed by atoms with Crippen LogP contribution >= 0.6 is 11.3 Å². The molecule has 162 valence electrons. The Labute approximate surface area is 187 Å². The number of sulfonamides is 1. The lowest BCUT2D eigenvalue weighted by Gasteiger charge is -2.25. The number of hydrogen-bond donors (Lipinski definition) is 1. The molecule has 1 aliphatic rings. The van der Waals surface area contributed by atoms with Gasteiger partial charge in [0.05, 0.1) is 17.0 Å². The number of carbonyl (C=O) groups excluding carboxylic acids is 1. The Bertz CT molecular complexity index is 1120. The molecule has 4 rings (SSSR count). The molecule has 0 radical (unpaired) electrons. The number of nitrogens with zero attached hydrogens (tertiary/aromatic N) is 2. The van der Waals surface area contributed by atoms with Crippen LogP contribution in [0.1, 0.15) is 30.5 Å². The zero-order chi connectivity index (χ0) is 21.7. The lowest BCUT2D eigenvalue weighted by atomic mass is 10.2. The van der Waals surface area contributed by atoms with Crippen LogP contribution in [0, 0.1) is 0 Å². The Morgan fingerprint density at radius 3 is 2.42 bits per heavy atom. The third kappa shape index (κ3) is 5.39. The van der Waals surface area contributed by atoms with Gasteiger partial charge in [0.15, 0.2) is 0 Å². The van der Waals surface area contributed by atoms with E-state index in [1.54, 1.807) is 28.6 Å². The van der Waals surface area contributed by atoms with Crippen molar-refractivity contribution >= 4 is 27.3 Å². The van der Waals surface area contributed by atoms with Gasteiger partial charge in [-0.15, -0.1) is 11.3 Å². The van der Waals surface area contributed by atoms with Gasteiger partial charge in [-0.3, -0.25) is 4.79 Å². The molecule has 31 heavy (non-hydrogen) atoms. The van der Waals surface area contributed by atoms with Crippen LogP contribution in [0.15, 0.2) is 64.9 Å². The van der Waals surface area contributed by atoms with E-state index in [1.165, 1.54) is 11.3 Å². The van der Waals surface area contributed by atoms with Crippen LogP contribution in [0.2, 0.25) is 0 Å². The molecular weight excluding hydrogens is 430 g/mol. The van der Waals surface area contributed by atoms with Gasteiger partial charge in [0.1, 0.15) is 5.01 Å². The van der Waals surface area contributed by atoms with Gasteiger partial charge in [0.2, 0.25) is 15.9 Å². The maximum Gasteiger partial charge on any atom is 0.243 e. The molecule has 2 heterocycles. The number of amides is 1. The molecule has 1 amide bonds. The van der Waals surface area contributed by atoms with Crippen LogP contribution in [-0.2, 0) is 27.8 Å². The van der Waals surface area contributed by atoms with Crippen LogP contribution in [0.3, 0.4) is 0 Å². The summed E-state index contributed by atoms with van der Waals surface area (Å²) in [6.07, 6.45) is 3.12. The maximum atomic E-state index is 12.7. The van der Waals surface area contributed by atoms with E-state index in [4.69, 9.17) is 0 Å². The predicted molar refractivity (Wildman–Crippen MR) is 122 cm³/mol. The zero-order valence-corrected chi connectivity index (χ0v) is 18.8. The molecule has 6 nitrogen and oxygen atoms in total. The second-order valence-electron chi connectivity index (χ2n) is 7.57. The summed E-state index contributed by atoms with van der Waals surface area (Å²) in [5.41, 5.74) is 2.64. The molecule has 0 spiro atoms. The van der Waals surface area contributed by atoms with Crippen LogP contribution in [-0.4, -0.2) is 36.7 Å². The predicted octanol–water partition coefficient (Wildman–Crippen LogP) is 3.84. The minimum absolute atomic E-state index is 0.116. The van der Waals surface area contributed by atoms with Gasteiger partial charge in [0, 0.05) is 30.6 Å². The van der Waals surface area contributed by atoms with Crippen LogP contribution in [0.5, 0.6) is 0 Å². The fourth-order valence-corrected chi connectivity index (χ4v) is 5.91. The molecule has 0 saturated carbocycles. The second-order valence-corrected chi connectivity index (χ2v) is 10.4. The van der Waals surface area contributed by atoms with Gasteiger partial charge in [-0.1, -0.05) is 48.9 Å². The van der Waals surface area contributed by atoms with Crippen molar-refractivity contribution in [1.29, 1.82) is 0 Å². The van der Waals surface area contributed by atoms with Crippen molar-refractivity contribution in [2.24, 2.45) is 0 Å². The number of piperidine rings is 1. The molecule has 0 atom stereocenters. The molecule has 1 fully saturated rings. The maximum absolute atomic E-state index is 12.7. The number of carbonyl (C=O) groups is 1. The number of thiazole rings is 1. The van der Waals surface area contributed by atoms with E-state index in [1.807, 2.05) is 35.7 Å². The Morgan fingerprint density at radius 1 is 1.00 bits per heavy atom. The quantitative estimate of drug-likeness (QED) is 0.587. The normalized spacial score (nSPS) is 15.0. The van der Waals surface area contributed by atoms with Crippen molar-refractivity contribution in [1.82, 2.24) is 14.6 Å². The van der Waals surface area contributed by atoms with Crippen molar-refractivity contribution in [3.8, 4) is 10.6 Å². The van der Waals surface area contributed by atoms with E-state index in [0.29, 0.717) is 24.5 Å². The average Bonchev–Trinajstić information content (AvgIpc) is 3.27. The number of aromatic nitrogens is 1. The highest BCUT2D eigenvalue weighted by Crippen LogP contribution is 2.23. The molecule has 1 N–H and O–H groups in total. The minimum atomic E-state index is -3.43. The molecular formula is C23H25N3O3S2. The molecule has 0 bridgehead atoms. The van der Waals surface area contributed by atoms with Crippen molar-refractivity contribution in [2.75, 3.05) is 13.1 Å². The van der Waals surface area contributed by atoms with Crippen LogP contribution in [0.25, 0.3) is 10.6 Å². The average molecular weight is 456 g/mol. The highest BCUT2D eigenvalue weighted by atomic mass is 32.2. The van der Waals surface area contributed by atoms with E-state index >= 15 is 0 Å². The first-order valence-corrected chi connectivity index (χ1v) is 12.7. The van der Waals surface area contributed by atoms with Crippen molar-refractivity contribution in [3.05, 3.63) is 71.2 Å². The van der Waals surface area contributed by atoms with Crippen molar-refractivity contribution in [2.45, 2.75) is 37.1 Å². The summed E-state index contributed by atoms with van der Waals surface area (Å²) in [4.78, 5) is 17.2. The Kier molecular flexibility index (Phi) is 6.80. The van der Waals surface area contributed by atoms with E-state index in [0.717, 1.165) is 41.1 Å². The Balaban J connectivity index is 1.31.